The van der Waals surface area contributed by atoms with Gasteiger partial charge in [0.05, 0.1) is 27.8 Å². The first-order valence-electron chi connectivity index (χ1n) is 11.0. The first-order chi connectivity index (χ1) is 15.1. The highest BCUT2D eigenvalue weighted by Crippen LogP contribution is 2.38. The molecule has 1 saturated heterocycles. The van der Waals surface area contributed by atoms with Crippen LogP contribution in [0.15, 0.2) is 36.4 Å². The quantitative estimate of drug-likeness (QED) is 0.658. The standard InChI is InChI=1S/C25H34N2O4/c1-29-22-14-21(15-23(30-2)25(22)31-3)16-24(28)26-17-19-8-10-20(11-9-19)18-27-12-6-4-5-7-13-27/h8-11,14-15H,4-7,12-13,16-18H2,1-3H3,(H,26,28). The van der Waals surface area contributed by atoms with Crippen molar-refractivity contribution in [3.05, 3.63) is 53.1 Å². The highest BCUT2D eigenvalue weighted by atomic mass is 16.5. The lowest BCUT2D eigenvalue weighted by Crippen LogP contribution is -2.25. The summed E-state index contributed by atoms with van der Waals surface area (Å²) in [5.41, 5.74) is 3.23. The first kappa shape index (κ1) is 22.9. The summed E-state index contributed by atoms with van der Waals surface area (Å²) in [6.07, 6.45) is 5.55. The van der Waals surface area contributed by atoms with E-state index < -0.39 is 0 Å². The molecule has 1 aliphatic rings. The van der Waals surface area contributed by atoms with E-state index in [2.05, 4.69) is 34.5 Å². The van der Waals surface area contributed by atoms with E-state index in [0.717, 1.165) is 17.7 Å². The summed E-state index contributed by atoms with van der Waals surface area (Å²) >= 11 is 0. The Morgan fingerprint density at radius 3 is 1.97 bits per heavy atom. The Morgan fingerprint density at radius 1 is 0.839 bits per heavy atom. The molecular formula is C25H34N2O4. The summed E-state index contributed by atoms with van der Waals surface area (Å²) in [6, 6.07) is 12.2. The summed E-state index contributed by atoms with van der Waals surface area (Å²) in [6.45, 7) is 3.90. The van der Waals surface area contributed by atoms with Gasteiger partial charge in [0.1, 0.15) is 0 Å². The van der Waals surface area contributed by atoms with E-state index in [1.807, 2.05) is 0 Å². The Balaban J connectivity index is 1.52. The predicted octanol–water partition coefficient (Wildman–Crippen LogP) is 3.95. The van der Waals surface area contributed by atoms with Gasteiger partial charge in [0, 0.05) is 13.1 Å². The summed E-state index contributed by atoms with van der Waals surface area (Å²) in [5.74, 6) is 1.56. The zero-order chi connectivity index (χ0) is 22.1. The Morgan fingerprint density at radius 2 is 1.42 bits per heavy atom. The largest absolute Gasteiger partial charge is 0.493 e. The molecule has 6 nitrogen and oxygen atoms in total. The molecule has 1 heterocycles. The number of nitrogens with one attached hydrogen (secondary N) is 1. The summed E-state index contributed by atoms with van der Waals surface area (Å²) in [5, 5.41) is 3.00. The molecule has 0 radical (unpaired) electrons. The molecular weight excluding hydrogens is 392 g/mol. The Labute approximate surface area is 185 Å². The van der Waals surface area contributed by atoms with E-state index in [-0.39, 0.29) is 12.3 Å². The fourth-order valence-corrected chi connectivity index (χ4v) is 4.00. The third kappa shape index (κ3) is 6.62. The Hall–Kier alpha value is -2.73. The molecule has 31 heavy (non-hydrogen) atoms. The Bertz CT molecular complexity index is 818. The zero-order valence-corrected chi connectivity index (χ0v) is 18.9. The summed E-state index contributed by atoms with van der Waals surface area (Å²) < 4.78 is 16.1. The second kappa shape index (κ2) is 11.6. The van der Waals surface area contributed by atoms with Crippen LogP contribution in [-0.4, -0.2) is 45.2 Å². The molecule has 2 aromatic carbocycles. The van der Waals surface area contributed by atoms with Gasteiger partial charge in [-0.2, -0.15) is 0 Å². The third-order valence-electron chi connectivity index (χ3n) is 5.71. The molecule has 2 aromatic rings. The molecule has 168 valence electrons. The minimum Gasteiger partial charge on any atom is -0.493 e. The van der Waals surface area contributed by atoms with E-state index in [9.17, 15) is 4.79 Å². The number of ether oxygens (including phenoxy) is 3. The van der Waals surface area contributed by atoms with Crippen molar-refractivity contribution in [3.63, 3.8) is 0 Å². The lowest BCUT2D eigenvalue weighted by molar-refractivity contribution is -0.120. The minimum atomic E-state index is -0.0529. The molecule has 1 N–H and O–H groups in total. The van der Waals surface area contributed by atoms with Crippen LogP contribution in [0.25, 0.3) is 0 Å². The SMILES string of the molecule is COc1cc(CC(=O)NCc2ccc(CN3CCCCCC3)cc2)cc(OC)c1OC. The van der Waals surface area contributed by atoms with Gasteiger partial charge in [-0.15, -0.1) is 0 Å². The number of carbonyl (C=O) groups excluding carboxylic acids is 1. The zero-order valence-electron chi connectivity index (χ0n) is 18.9. The number of hydrogen-bond acceptors (Lipinski definition) is 5. The summed E-state index contributed by atoms with van der Waals surface area (Å²) in [4.78, 5) is 15.0. The van der Waals surface area contributed by atoms with Crippen molar-refractivity contribution in [1.29, 1.82) is 0 Å². The van der Waals surface area contributed by atoms with E-state index in [1.165, 1.54) is 44.3 Å². The number of likely N-dealkylation sites (tertiary alicyclic amines) is 1. The second-order valence-electron chi connectivity index (χ2n) is 7.99. The van der Waals surface area contributed by atoms with Crippen molar-refractivity contribution < 1.29 is 19.0 Å². The van der Waals surface area contributed by atoms with Gasteiger partial charge < -0.3 is 19.5 Å². The average molecular weight is 427 g/mol. The monoisotopic (exact) mass is 426 g/mol. The van der Waals surface area contributed by atoms with Crippen LogP contribution in [0.2, 0.25) is 0 Å². The van der Waals surface area contributed by atoms with Gasteiger partial charge >= 0.3 is 0 Å². The first-order valence-corrected chi connectivity index (χ1v) is 11.0. The molecule has 1 aliphatic heterocycles. The van der Waals surface area contributed by atoms with Crippen molar-refractivity contribution in [2.45, 2.75) is 45.2 Å². The van der Waals surface area contributed by atoms with Crippen molar-refractivity contribution in [2.75, 3.05) is 34.4 Å². The van der Waals surface area contributed by atoms with Crippen LogP contribution in [0.4, 0.5) is 0 Å². The average Bonchev–Trinajstić information content (AvgIpc) is 3.06. The van der Waals surface area contributed by atoms with Crippen molar-refractivity contribution in [3.8, 4) is 17.2 Å². The van der Waals surface area contributed by atoms with E-state index in [0.29, 0.717) is 23.8 Å². The number of methoxy groups -OCH3 is 3. The van der Waals surface area contributed by atoms with Gasteiger partial charge in [0.2, 0.25) is 11.7 Å². The van der Waals surface area contributed by atoms with Gasteiger partial charge in [-0.3, -0.25) is 9.69 Å². The highest BCUT2D eigenvalue weighted by molar-refractivity contribution is 5.79. The molecule has 0 unspecified atom stereocenters. The lowest BCUT2D eigenvalue weighted by atomic mass is 10.1. The molecule has 0 saturated carbocycles. The van der Waals surface area contributed by atoms with Crippen LogP contribution in [0.5, 0.6) is 17.2 Å². The third-order valence-corrected chi connectivity index (χ3v) is 5.71. The number of hydrogen-bond donors (Lipinski definition) is 1. The maximum Gasteiger partial charge on any atom is 0.224 e. The number of amides is 1. The van der Waals surface area contributed by atoms with E-state index >= 15 is 0 Å². The smallest absolute Gasteiger partial charge is 0.224 e. The fraction of sp³-hybridized carbons (Fsp3) is 0.480. The van der Waals surface area contributed by atoms with Crippen molar-refractivity contribution in [2.24, 2.45) is 0 Å². The molecule has 1 fully saturated rings. The molecule has 0 aromatic heterocycles. The molecule has 0 spiro atoms. The van der Waals surface area contributed by atoms with Crippen LogP contribution >= 0.6 is 0 Å². The topological polar surface area (TPSA) is 60.0 Å². The fourth-order valence-electron chi connectivity index (χ4n) is 4.00. The van der Waals surface area contributed by atoms with E-state index in [1.54, 1.807) is 33.5 Å². The highest BCUT2D eigenvalue weighted by Gasteiger charge is 2.15. The van der Waals surface area contributed by atoms with Crippen LogP contribution < -0.4 is 19.5 Å². The predicted molar refractivity (Wildman–Crippen MR) is 122 cm³/mol. The Kier molecular flexibility index (Phi) is 8.59. The van der Waals surface area contributed by atoms with Gasteiger partial charge in [-0.05, 0) is 54.8 Å². The summed E-state index contributed by atoms with van der Waals surface area (Å²) in [7, 11) is 4.70. The molecule has 1 amide bonds. The minimum absolute atomic E-state index is 0.0529. The van der Waals surface area contributed by atoms with Gasteiger partial charge in [0.15, 0.2) is 11.5 Å². The van der Waals surface area contributed by atoms with Crippen LogP contribution in [0.1, 0.15) is 42.4 Å². The molecule has 0 aliphatic carbocycles. The number of carbonyl (C=O) groups is 1. The molecule has 0 atom stereocenters. The van der Waals surface area contributed by atoms with Gasteiger partial charge in [0.25, 0.3) is 0 Å². The van der Waals surface area contributed by atoms with Crippen LogP contribution in [0, 0.1) is 0 Å². The number of nitrogens with zero attached hydrogens (tertiary/aromatic N) is 1. The molecule has 3 rings (SSSR count). The van der Waals surface area contributed by atoms with Crippen molar-refractivity contribution in [1.82, 2.24) is 10.2 Å². The maximum absolute atomic E-state index is 12.5. The lowest BCUT2D eigenvalue weighted by Gasteiger charge is -2.19. The van der Waals surface area contributed by atoms with Gasteiger partial charge in [-0.25, -0.2) is 0 Å². The second-order valence-corrected chi connectivity index (χ2v) is 7.99. The molecule has 6 heteroatoms. The molecule has 0 bridgehead atoms. The van der Waals surface area contributed by atoms with Crippen molar-refractivity contribution >= 4 is 5.91 Å². The van der Waals surface area contributed by atoms with Crippen LogP contribution in [0.3, 0.4) is 0 Å². The number of benzene rings is 2. The van der Waals surface area contributed by atoms with E-state index in [4.69, 9.17) is 14.2 Å². The maximum atomic E-state index is 12.5. The van der Waals surface area contributed by atoms with Gasteiger partial charge in [-0.1, -0.05) is 37.1 Å². The normalized spacial score (nSPS) is 14.5. The van der Waals surface area contributed by atoms with Crippen LogP contribution in [-0.2, 0) is 24.3 Å². The number of rotatable bonds is 9.